The standard InChI is InChI=1S/C28H34N8O3/c1-4-5-11-25-30-18-24(28(37)29-14-15-39-19(2)38-3)26(32-25)31-17-20-12-13-22(21-9-7-6-8-10-21)23(16-20)27-33-35-36-34-27/h6-10,12-13,16,18-19H,4-5,11,14-15,17H2,1-3H3,(H,29,37)(H,30,31,32)(H,33,34,35,36). The minimum Gasteiger partial charge on any atom is -0.365 e. The first-order chi connectivity index (χ1) is 19.1. The second-order valence-electron chi connectivity index (χ2n) is 8.92. The number of aromatic amines is 1. The van der Waals surface area contributed by atoms with Crippen LogP contribution in [0.1, 0.15) is 48.4 Å². The normalized spacial score (nSPS) is 11.8. The van der Waals surface area contributed by atoms with E-state index in [1.54, 1.807) is 20.2 Å². The lowest BCUT2D eigenvalue weighted by Crippen LogP contribution is -2.29. The first kappa shape index (κ1) is 27.8. The molecule has 0 radical (unpaired) electrons. The minimum atomic E-state index is -0.342. The Morgan fingerprint density at radius 3 is 2.72 bits per heavy atom. The molecule has 11 heteroatoms. The summed E-state index contributed by atoms with van der Waals surface area (Å²) >= 11 is 0. The van der Waals surface area contributed by atoms with Gasteiger partial charge in [-0.3, -0.25) is 4.79 Å². The van der Waals surface area contributed by atoms with Crippen molar-refractivity contribution in [2.75, 3.05) is 25.6 Å². The highest BCUT2D eigenvalue weighted by Gasteiger charge is 2.16. The Hall–Kier alpha value is -4.22. The van der Waals surface area contributed by atoms with Crippen LogP contribution in [0.4, 0.5) is 5.82 Å². The van der Waals surface area contributed by atoms with Gasteiger partial charge in [0.25, 0.3) is 5.91 Å². The summed E-state index contributed by atoms with van der Waals surface area (Å²) < 4.78 is 10.5. The van der Waals surface area contributed by atoms with Crippen molar-refractivity contribution < 1.29 is 14.3 Å². The molecule has 39 heavy (non-hydrogen) atoms. The quantitative estimate of drug-likeness (QED) is 0.163. The van der Waals surface area contributed by atoms with Gasteiger partial charge in [0, 0.05) is 38.4 Å². The molecule has 2 heterocycles. The molecule has 2 aromatic carbocycles. The van der Waals surface area contributed by atoms with E-state index in [2.05, 4.69) is 48.1 Å². The summed E-state index contributed by atoms with van der Waals surface area (Å²) in [7, 11) is 1.57. The zero-order chi connectivity index (χ0) is 27.5. The average molecular weight is 531 g/mol. The molecule has 0 aliphatic rings. The summed E-state index contributed by atoms with van der Waals surface area (Å²) in [6, 6.07) is 16.1. The summed E-state index contributed by atoms with van der Waals surface area (Å²) in [4.78, 5) is 22.1. The molecule has 0 fully saturated rings. The van der Waals surface area contributed by atoms with Gasteiger partial charge in [-0.25, -0.2) is 9.97 Å². The Labute approximate surface area is 227 Å². The minimum absolute atomic E-state index is 0.278. The third-order valence-corrected chi connectivity index (χ3v) is 6.12. The fourth-order valence-corrected chi connectivity index (χ4v) is 3.94. The maximum atomic E-state index is 13.0. The Bertz CT molecular complexity index is 1330. The number of unbranched alkanes of at least 4 members (excludes halogenated alkanes) is 1. The van der Waals surface area contributed by atoms with Gasteiger partial charge in [-0.15, -0.1) is 10.2 Å². The molecule has 1 amide bonds. The van der Waals surface area contributed by atoms with Crippen LogP contribution >= 0.6 is 0 Å². The van der Waals surface area contributed by atoms with Gasteiger partial charge in [-0.1, -0.05) is 55.8 Å². The number of carbonyl (C=O) groups excluding carboxylic acids is 1. The van der Waals surface area contributed by atoms with Gasteiger partial charge in [-0.05, 0) is 41.3 Å². The summed E-state index contributed by atoms with van der Waals surface area (Å²) in [6.45, 7) is 5.00. The van der Waals surface area contributed by atoms with Crippen molar-refractivity contribution in [3.63, 3.8) is 0 Å². The number of H-pyrrole nitrogens is 1. The molecular weight excluding hydrogens is 496 g/mol. The van der Waals surface area contributed by atoms with E-state index in [9.17, 15) is 4.79 Å². The zero-order valence-electron chi connectivity index (χ0n) is 22.5. The van der Waals surface area contributed by atoms with E-state index in [0.29, 0.717) is 42.7 Å². The topological polar surface area (TPSA) is 140 Å². The SMILES string of the molecule is CCCCc1ncc(C(=O)NCCOC(C)OC)c(NCc2ccc(-c3ccccc3)c(-c3nn[nH]n3)c2)n1. The molecule has 2 aromatic heterocycles. The molecule has 0 spiro atoms. The van der Waals surface area contributed by atoms with Gasteiger partial charge in [0.2, 0.25) is 5.82 Å². The maximum absolute atomic E-state index is 13.0. The number of hydrogen-bond acceptors (Lipinski definition) is 9. The van der Waals surface area contributed by atoms with Crippen molar-refractivity contribution in [1.29, 1.82) is 0 Å². The van der Waals surface area contributed by atoms with E-state index in [1.165, 1.54) is 0 Å². The number of nitrogens with one attached hydrogen (secondary N) is 3. The number of tetrazole rings is 1. The molecule has 0 aliphatic heterocycles. The summed E-state index contributed by atoms with van der Waals surface area (Å²) in [5.41, 5.74) is 4.24. The van der Waals surface area contributed by atoms with Crippen molar-refractivity contribution in [3.05, 3.63) is 71.7 Å². The van der Waals surface area contributed by atoms with Gasteiger partial charge < -0.3 is 20.1 Å². The number of methoxy groups -OCH3 is 1. The zero-order valence-corrected chi connectivity index (χ0v) is 22.5. The maximum Gasteiger partial charge on any atom is 0.256 e. The van der Waals surface area contributed by atoms with Crippen molar-refractivity contribution in [3.8, 4) is 22.5 Å². The van der Waals surface area contributed by atoms with Crippen LogP contribution in [0.2, 0.25) is 0 Å². The molecule has 4 rings (SSSR count). The first-order valence-electron chi connectivity index (χ1n) is 13.0. The van der Waals surface area contributed by atoms with Crippen LogP contribution in [0.3, 0.4) is 0 Å². The van der Waals surface area contributed by atoms with Gasteiger partial charge in [0.05, 0.1) is 6.61 Å². The largest absolute Gasteiger partial charge is 0.365 e. The van der Waals surface area contributed by atoms with E-state index in [4.69, 9.17) is 9.47 Å². The third kappa shape index (κ3) is 7.65. The van der Waals surface area contributed by atoms with Crippen LogP contribution in [0.25, 0.3) is 22.5 Å². The summed E-state index contributed by atoms with van der Waals surface area (Å²) in [6.07, 6.45) is 3.97. The number of amides is 1. The van der Waals surface area contributed by atoms with E-state index in [-0.39, 0.29) is 12.2 Å². The molecule has 0 aliphatic carbocycles. The third-order valence-electron chi connectivity index (χ3n) is 6.12. The van der Waals surface area contributed by atoms with E-state index < -0.39 is 0 Å². The molecule has 4 aromatic rings. The second kappa shape index (κ2) is 14.1. The molecule has 1 unspecified atom stereocenters. The Morgan fingerprint density at radius 2 is 1.97 bits per heavy atom. The molecule has 0 bridgehead atoms. The molecule has 11 nitrogen and oxygen atoms in total. The predicted octanol–water partition coefficient (Wildman–Crippen LogP) is 4.02. The average Bonchev–Trinajstić information content (AvgIpc) is 3.52. The van der Waals surface area contributed by atoms with Crippen LogP contribution in [0, 0.1) is 0 Å². The fourth-order valence-electron chi connectivity index (χ4n) is 3.94. The number of rotatable bonds is 14. The van der Waals surface area contributed by atoms with Crippen LogP contribution in [0.15, 0.2) is 54.7 Å². The molecular formula is C28H34N8O3. The molecule has 3 N–H and O–H groups in total. The number of hydrogen-bond donors (Lipinski definition) is 3. The predicted molar refractivity (Wildman–Crippen MR) is 148 cm³/mol. The number of aromatic nitrogens is 6. The van der Waals surface area contributed by atoms with E-state index in [1.807, 2.05) is 48.5 Å². The number of benzene rings is 2. The van der Waals surface area contributed by atoms with Crippen LogP contribution in [0.5, 0.6) is 0 Å². The van der Waals surface area contributed by atoms with Crippen molar-refractivity contribution in [1.82, 2.24) is 35.9 Å². The van der Waals surface area contributed by atoms with Gasteiger partial charge >= 0.3 is 0 Å². The monoisotopic (exact) mass is 530 g/mol. The Morgan fingerprint density at radius 1 is 1.13 bits per heavy atom. The van der Waals surface area contributed by atoms with E-state index in [0.717, 1.165) is 41.5 Å². The molecule has 0 saturated carbocycles. The van der Waals surface area contributed by atoms with Crippen molar-refractivity contribution in [2.45, 2.75) is 45.9 Å². The fraction of sp³-hybridized carbons (Fsp3) is 0.357. The lowest BCUT2D eigenvalue weighted by atomic mass is 9.97. The lowest BCUT2D eigenvalue weighted by Gasteiger charge is -2.15. The van der Waals surface area contributed by atoms with Crippen molar-refractivity contribution in [2.24, 2.45) is 0 Å². The lowest BCUT2D eigenvalue weighted by molar-refractivity contribution is -0.109. The number of carbonyl (C=O) groups is 1. The first-order valence-corrected chi connectivity index (χ1v) is 13.0. The van der Waals surface area contributed by atoms with E-state index >= 15 is 0 Å². The molecule has 204 valence electrons. The van der Waals surface area contributed by atoms with Crippen molar-refractivity contribution >= 4 is 11.7 Å². The number of anilines is 1. The van der Waals surface area contributed by atoms with Crippen LogP contribution in [-0.2, 0) is 22.4 Å². The Kier molecular flexibility index (Phi) is 10.0. The summed E-state index contributed by atoms with van der Waals surface area (Å²) in [5, 5.41) is 20.9. The van der Waals surface area contributed by atoms with Crippen LogP contribution < -0.4 is 10.6 Å². The molecule has 0 saturated heterocycles. The van der Waals surface area contributed by atoms with Gasteiger partial charge in [0.1, 0.15) is 17.2 Å². The Balaban J connectivity index is 1.54. The van der Waals surface area contributed by atoms with Crippen LogP contribution in [-0.4, -0.2) is 63.1 Å². The van der Waals surface area contributed by atoms with Gasteiger partial charge in [-0.2, -0.15) is 5.21 Å². The number of aryl methyl sites for hydroxylation is 1. The summed E-state index contributed by atoms with van der Waals surface area (Å²) in [5.74, 6) is 1.40. The second-order valence-corrected chi connectivity index (χ2v) is 8.92. The molecule has 1 atom stereocenters. The highest BCUT2D eigenvalue weighted by atomic mass is 16.7. The highest BCUT2D eigenvalue weighted by molar-refractivity contribution is 5.98. The highest BCUT2D eigenvalue weighted by Crippen LogP contribution is 2.31. The smallest absolute Gasteiger partial charge is 0.256 e. The van der Waals surface area contributed by atoms with Gasteiger partial charge in [0.15, 0.2) is 6.29 Å². The number of nitrogens with zero attached hydrogens (tertiary/aromatic N) is 5. The number of ether oxygens (including phenoxy) is 2.